The van der Waals surface area contributed by atoms with Crippen LogP contribution in [-0.4, -0.2) is 126 Å². The molecule has 0 bridgehead atoms. The number of nitrogens with zero attached hydrogens (tertiary/aromatic N) is 7. The molecule has 3 saturated heterocycles. The summed E-state index contributed by atoms with van der Waals surface area (Å²) in [5.41, 5.74) is 9.16. The topological polar surface area (TPSA) is 126 Å². The number of hydrogen-bond acceptors (Lipinski definition) is 12. The number of carbonyl (C=O) groups excluding carboxylic acids is 3. The molecule has 0 aliphatic carbocycles. The Morgan fingerprint density at radius 3 is 1.94 bits per heavy atom. The minimum absolute atomic E-state index is 0.0469. The van der Waals surface area contributed by atoms with E-state index in [1.165, 1.54) is 28.1 Å². The molecule has 5 aromatic carbocycles. The molecule has 0 aromatic heterocycles. The predicted molar refractivity (Wildman–Crippen MR) is 278 cm³/mol. The van der Waals surface area contributed by atoms with E-state index in [9.17, 15) is 14.4 Å². The number of amides is 3. The van der Waals surface area contributed by atoms with Gasteiger partial charge in [0.1, 0.15) is 17.2 Å². The Morgan fingerprint density at radius 2 is 1.24 bits per heavy atom. The van der Waals surface area contributed by atoms with Crippen LogP contribution in [0.4, 0.5) is 42.8 Å². The van der Waals surface area contributed by atoms with Crippen molar-refractivity contribution in [2.24, 2.45) is 0 Å². The molecule has 0 saturated carbocycles. The van der Waals surface area contributed by atoms with E-state index in [0.717, 1.165) is 81.8 Å². The van der Waals surface area contributed by atoms with Gasteiger partial charge in [0.25, 0.3) is 0 Å². The van der Waals surface area contributed by atoms with Crippen LogP contribution in [0.1, 0.15) is 60.3 Å². The molecule has 0 radical (unpaired) electrons. The van der Waals surface area contributed by atoms with Crippen molar-refractivity contribution in [2.75, 3.05) is 99.9 Å². The first kappa shape index (κ1) is 46.6. The lowest BCUT2D eigenvalue weighted by molar-refractivity contribution is 0.202. The maximum Gasteiger partial charge on any atom is 0.419 e. The molecular weight excluding hydrogens is 895 g/mol. The third kappa shape index (κ3) is 7.89. The smallest absolute Gasteiger partial charge is 0.410 e. The maximum absolute atomic E-state index is 13.8. The lowest BCUT2D eigenvalue weighted by Gasteiger charge is -2.41. The van der Waals surface area contributed by atoms with Crippen molar-refractivity contribution >= 4 is 46.7 Å². The molecule has 2 N–H and O–H groups in total. The zero-order valence-corrected chi connectivity index (χ0v) is 41.9. The second kappa shape index (κ2) is 18.1. The Bertz CT molecular complexity index is 2870. The van der Waals surface area contributed by atoms with Gasteiger partial charge in [-0.15, -0.1) is 0 Å². The van der Waals surface area contributed by atoms with Crippen LogP contribution in [0.25, 0.3) is 0 Å². The van der Waals surface area contributed by atoms with Crippen molar-refractivity contribution in [1.29, 1.82) is 0 Å². The summed E-state index contributed by atoms with van der Waals surface area (Å²) in [4.78, 5) is 56.0. The highest BCUT2D eigenvalue weighted by molar-refractivity contribution is 5.89. The molecule has 6 aliphatic rings. The number of nitrogens with one attached hydrogen (secondary N) is 2. The monoisotopic (exact) mass is 960 g/mol. The molecule has 15 nitrogen and oxygen atoms in total. The third-order valence-corrected chi connectivity index (χ3v) is 16.8. The summed E-state index contributed by atoms with van der Waals surface area (Å²) in [6.07, 6.45) is 3.57. The Kier molecular flexibility index (Phi) is 11.9. The third-order valence-electron chi connectivity index (χ3n) is 16.8. The number of hydrogen-bond donors (Lipinski definition) is 2. The van der Waals surface area contributed by atoms with Crippen LogP contribution in [0.2, 0.25) is 0 Å². The van der Waals surface area contributed by atoms with Crippen LogP contribution in [0.3, 0.4) is 0 Å². The van der Waals surface area contributed by atoms with E-state index in [0.29, 0.717) is 28.9 Å². The number of carbonyl (C=O) groups is 3. The molecular formula is C56H65N9O6. The molecule has 370 valence electrons. The summed E-state index contributed by atoms with van der Waals surface area (Å²) in [5, 5.41) is 5.47. The van der Waals surface area contributed by atoms with Crippen LogP contribution in [0.15, 0.2) is 109 Å². The number of aryl methyl sites for hydroxylation is 1. The van der Waals surface area contributed by atoms with E-state index in [1.807, 2.05) is 79.7 Å². The first-order chi connectivity index (χ1) is 34.3. The number of ether oxygens (including phenoxy) is 3. The summed E-state index contributed by atoms with van der Waals surface area (Å²) in [6, 6.07) is 35.8. The largest absolute Gasteiger partial charge is 0.419 e. The summed E-state index contributed by atoms with van der Waals surface area (Å²) < 4.78 is 17.9. The number of likely N-dealkylation sites (N-methyl/N-ethyl adjacent to an activating group) is 4. The fourth-order valence-electron chi connectivity index (χ4n) is 13.5. The van der Waals surface area contributed by atoms with Crippen molar-refractivity contribution in [3.8, 4) is 17.2 Å². The number of benzene rings is 5. The standard InChI is InChI=1S/C56H65N9O6/c1-36-13-15-37(16-14-36)58-53(67)70-40-18-21-47-44(34-40)55(24-29-60(4)50(55)63(47)7)27-32-65-48-22-19-41(71-54(68)62(6)38-11-9-8-10-12-38)35-45(48)56(25-30-61(5)51(56)65)26-31-64-46-20-17-39(69-52(66)57-2)33-43(46)42-23-28-59(3)49(42)64/h8-22,33-35,42,49-51H,23-32H2,1-7H3,(H,57,66)(H,58,67). The number of rotatable bonds is 11. The van der Waals surface area contributed by atoms with E-state index in [-0.39, 0.29) is 29.3 Å². The highest BCUT2D eigenvalue weighted by atomic mass is 16.6. The van der Waals surface area contributed by atoms with Gasteiger partial charge in [-0.1, -0.05) is 35.9 Å². The molecule has 11 rings (SSSR count). The van der Waals surface area contributed by atoms with Gasteiger partial charge in [0.15, 0.2) is 0 Å². The molecule has 6 atom stereocenters. The minimum atomic E-state index is -0.521. The zero-order valence-electron chi connectivity index (χ0n) is 41.9. The van der Waals surface area contributed by atoms with Gasteiger partial charge in [0.05, 0.1) is 18.5 Å². The number of anilines is 5. The van der Waals surface area contributed by atoms with Crippen LogP contribution in [0, 0.1) is 6.92 Å². The summed E-state index contributed by atoms with van der Waals surface area (Å²) in [7, 11) is 12.2. The van der Waals surface area contributed by atoms with Crippen LogP contribution < -0.4 is 44.4 Å². The average molecular weight is 960 g/mol. The van der Waals surface area contributed by atoms with Gasteiger partial charge in [0, 0.05) is 99.1 Å². The molecule has 6 aliphatic heterocycles. The van der Waals surface area contributed by atoms with Crippen LogP contribution >= 0.6 is 0 Å². The van der Waals surface area contributed by atoms with Crippen molar-refractivity contribution < 1.29 is 28.6 Å². The molecule has 71 heavy (non-hydrogen) atoms. The number of likely N-dealkylation sites (tertiary alicyclic amines) is 3. The summed E-state index contributed by atoms with van der Waals surface area (Å²) in [5.74, 6) is 1.89. The van der Waals surface area contributed by atoms with E-state index in [4.69, 9.17) is 14.2 Å². The van der Waals surface area contributed by atoms with E-state index < -0.39 is 18.3 Å². The second-order valence-corrected chi connectivity index (χ2v) is 20.7. The molecule has 3 amide bonds. The fourth-order valence-corrected chi connectivity index (χ4v) is 13.5. The molecule has 6 heterocycles. The van der Waals surface area contributed by atoms with Gasteiger partial charge in [0.2, 0.25) is 0 Å². The maximum atomic E-state index is 13.8. The van der Waals surface area contributed by atoms with Gasteiger partial charge in [-0.05, 0) is 156 Å². The van der Waals surface area contributed by atoms with Crippen LogP contribution in [-0.2, 0) is 10.8 Å². The Morgan fingerprint density at radius 1 is 0.648 bits per heavy atom. The van der Waals surface area contributed by atoms with E-state index in [2.05, 4.69) is 105 Å². The highest BCUT2D eigenvalue weighted by Crippen LogP contribution is 2.58. The quantitative estimate of drug-likeness (QED) is 0.132. The molecule has 5 aromatic rings. The Balaban J connectivity index is 0.926. The fraction of sp³-hybridized carbons (Fsp3) is 0.411. The van der Waals surface area contributed by atoms with Crippen molar-refractivity contribution in [3.05, 3.63) is 131 Å². The molecule has 0 spiro atoms. The van der Waals surface area contributed by atoms with Crippen molar-refractivity contribution in [2.45, 2.75) is 74.3 Å². The molecule has 15 heteroatoms. The van der Waals surface area contributed by atoms with Gasteiger partial charge in [-0.3, -0.25) is 24.9 Å². The lowest BCUT2D eigenvalue weighted by atomic mass is 9.75. The van der Waals surface area contributed by atoms with Gasteiger partial charge < -0.3 is 34.2 Å². The molecule has 3 fully saturated rings. The van der Waals surface area contributed by atoms with Crippen molar-refractivity contribution in [1.82, 2.24) is 20.0 Å². The normalized spacial score (nSPS) is 25.0. The predicted octanol–water partition coefficient (Wildman–Crippen LogP) is 8.77. The van der Waals surface area contributed by atoms with Gasteiger partial charge in [-0.25, -0.2) is 14.4 Å². The second-order valence-electron chi connectivity index (χ2n) is 20.7. The molecule has 6 unspecified atom stereocenters. The first-order valence-electron chi connectivity index (χ1n) is 25.0. The summed E-state index contributed by atoms with van der Waals surface area (Å²) >= 11 is 0. The number of para-hydroxylation sites is 1. The van der Waals surface area contributed by atoms with E-state index >= 15 is 0 Å². The summed E-state index contributed by atoms with van der Waals surface area (Å²) in [6.45, 7) is 6.44. The Hall–Kier alpha value is -6.81. The average Bonchev–Trinajstić information content (AvgIpc) is 4.19. The van der Waals surface area contributed by atoms with Crippen LogP contribution in [0.5, 0.6) is 17.2 Å². The highest BCUT2D eigenvalue weighted by Gasteiger charge is 2.59. The Labute approximate surface area is 416 Å². The number of fused-ring (bicyclic) bond motifs is 9. The van der Waals surface area contributed by atoms with E-state index in [1.54, 1.807) is 19.0 Å². The zero-order chi connectivity index (χ0) is 49.3. The van der Waals surface area contributed by atoms with Gasteiger partial charge >= 0.3 is 18.3 Å². The lowest BCUT2D eigenvalue weighted by Crippen LogP contribution is -2.52. The van der Waals surface area contributed by atoms with Crippen molar-refractivity contribution in [3.63, 3.8) is 0 Å². The van der Waals surface area contributed by atoms with Gasteiger partial charge in [-0.2, -0.15) is 0 Å². The minimum Gasteiger partial charge on any atom is -0.410 e. The first-order valence-corrected chi connectivity index (χ1v) is 25.0. The SMILES string of the molecule is CNC(=O)Oc1ccc2c(c1)C1CCN(C)C1N2CCC12CCN(C)C1N(CCC13CCN(C)C1N(C)c1ccc(OC(=O)Nc4ccc(C)cc4)cc13)c1ccc(OC(=O)N(C)c3ccccc3)cc12.